The van der Waals surface area contributed by atoms with Crippen LogP contribution in [0.3, 0.4) is 0 Å². The summed E-state index contributed by atoms with van der Waals surface area (Å²) in [6, 6.07) is 3.85. The average molecular weight is 480 g/mol. The molecule has 1 aliphatic heterocycles. The third-order valence-electron chi connectivity index (χ3n) is 5.37. The summed E-state index contributed by atoms with van der Waals surface area (Å²) >= 11 is 0. The van der Waals surface area contributed by atoms with Crippen LogP contribution in [0.4, 0.5) is 0 Å². The molecule has 4 rings (SSSR count). The third kappa shape index (κ3) is 3.70. The van der Waals surface area contributed by atoms with E-state index < -0.39 is 88.4 Å². The number of phenols is 5. The van der Waals surface area contributed by atoms with Crippen molar-refractivity contribution in [1.29, 1.82) is 0 Å². The molecule has 0 radical (unpaired) electrons. The Bertz CT molecular complexity index is 1300. The van der Waals surface area contributed by atoms with Crippen LogP contribution < -0.4 is 10.2 Å². The van der Waals surface area contributed by atoms with Crippen molar-refractivity contribution in [3.63, 3.8) is 0 Å². The van der Waals surface area contributed by atoms with Gasteiger partial charge in [-0.1, -0.05) is 0 Å². The molecule has 1 aromatic heterocycles. The van der Waals surface area contributed by atoms with Crippen molar-refractivity contribution >= 4 is 11.0 Å². The van der Waals surface area contributed by atoms with Gasteiger partial charge in [-0.05, 0) is 12.1 Å². The Labute approximate surface area is 189 Å². The molecule has 9 N–H and O–H groups in total. The molecule has 3 aromatic rings. The number of aliphatic hydroxyl groups excluding tert-OH is 4. The van der Waals surface area contributed by atoms with Gasteiger partial charge in [-0.2, -0.15) is 0 Å². The maximum atomic E-state index is 13.3. The molecular formula is C21H20O13. The predicted octanol–water partition coefficient (Wildman–Crippen LogP) is -0.833. The number of hydrogen-bond donors (Lipinski definition) is 9. The van der Waals surface area contributed by atoms with Crippen molar-refractivity contribution in [2.75, 3.05) is 6.61 Å². The Balaban J connectivity index is 1.95. The van der Waals surface area contributed by atoms with E-state index in [9.17, 15) is 50.8 Å². The van der Waals surface area contributed by atoms with Gasteiger partial charge in [0.05, 0.1) is 12.2 Å². The minimum absolute atomic E-state index is 0.356. The minimum Gasteiger partial charge on any atom is -0.508 e. The van der Waals surface area contributed by atoms with Crippen LogP contribution >= 0.6 is 0 Å². The van der Waals surface area contributed by atoms with Crippen LogP contribution in [-0.2, 0) is 4.74 Å². The Kier molecular flexibility index (Phi) is 5.89. The molecule has 0 saturated carbocycles. The van der Waals surface area contributed by atoms with Gasteiger partial charge in [0, 0.05) is 12.1 Å². The van der Waals surface area contributed by atoms with Crippen LogP contribution in [0.2, 0.25) is 0 Å². The smallest absolute Gasteiger partial charge is 0.239 e. The van der Waals surface area contributed by atoms with Crippen LogP contribution in [-0.4, -0.2) is 83.3 Å². The van der Waals surface area contributed by atoms with Crippen molar-refractivity contribution < 1.29 is 59.8 Å². The maximum absolute atomic E-state index is 13.3. The number of phenolic OH excluding ortho intramolecular Hbond substituents is 5. The van der Waals surface area contributed by atoms with Gasteiger partial charge < -0.3 is 59.8 Å². The average Bonchev–Trinajstić information content (AvgIpc) is 2.79. The Morgan fingerprint density at radius 3 is 2.26 bits per heavy atom. The maximum Gasteiger partial charge on any atom is 0.239 e. The first kappa shape index (κ1) is 23.4. The number of ether oxygens (including phenoxy) is 2. The summed E-state index contributed by atoms with van der Waals surface area (Å²) in [6.45, 7) is -0.781. The first-order valence-corrected chi connectivity index (χ1v) is 9.79. The predicted molar refractivity (Wildman–Crippen MR) is 111 cm³/mol. The van der Waals surface area contributed by atoms with E-state index in [4.69, 9.17) is 13.9 Å². The van der Waals surface area contributed by atoms with E-state index in [1.807, 2.05) is 0 Å². The second-order valence-corrected chi connectivity index (χ2v) is 7.57. The summed E-state index contributed by atoms with van der Waals surface area (Å²) in [7, 11) is 0. The standard InChI is InChI=1S/C21H20O13/c22-5-11-15(28)17(30)18(31)21(33-11)34-20-16(29)12-9(25)3-6(23)4-10(12)32-19(20)7-1-2-8(24)14(27)13(7)26/h1-4,11,15,17-18,21-28,30-31H,5H2. The lowest BCUT2D eigenvalue weighted by Gasteiger charge is -2.39. The Morgan fingerprint density at radius 1 is 0.882 bits per heavy atom. The number of hydrogen-bond acceptors (Lipinski definition) is 13. The van der Waals surface area contributed by atoms with Gasteiger partial charge in [0.1, 0.15) is 46.9 Å². The van der Waals surface area contributed by atoms with Crippen LogP contribution in [0.15, 0.2) is 33.5 Å². The summed E-state index contributed by atoms with van der Waals surface area (Å²) in [5.74, 6) is -5.11. The fourth-order valence-corrected chi connectivity index (χ4v) is 3.59. The molecule has 1 aliphatic rings. The van der Waals surface area contributed by atoms with Gasteiger partial charge >= 0.3 is 0 Å². The molecule has 13 nitrogen and oxygen atoms in total. The van der Waals surface area contributed by atoms with Gasteiger partial charge in [-0.25, -0.2) is 0 Å². The molecule has 2 aromatic carbocycles. The SMILES string of the molecule is O=c1c(OC2OC(CO)C(O)C(O)C2O)c(-c2ccc(O)c(O)c2O)oc2cc(O)cc(O)c12. The van der Waals surface area contributed by atoms with Crippen LogP contribution in [0.5, 0.6) is 34.5 Å². The minimum atomic E-state index is -1.92. The molecule has 0 aliphatic carbocycles. The van der Waals surface area contributed by atoms with E-state index in [0.29, 0.717) is 0 Å². The number of benzene rings is 2. The normalized spacial score (nSPS) is 24.9. The highest BCUT2D eigenvalue weighted by Gasteiger charge is 2.45. The lowest BCUT2D eigenvalue weighted by Crippen LogP contribution is -2.60. The molecule has 1 saturated heterocycles. The van der Waals surface area contributed by atoms with Crippen molar-refractivity contribution in [2.45, 2.75) is 30.7 Å². The Hall–Kier alpha value is -3.75. The zero-order valence-electron chi connectivity index (χ0n) is 17.1. The highest BCUT2D eigenvalue weighted by molar-refractivity contribution is 5.89. The molecule has 0 bridgehead atoms. The zero-order valence-corrected chi connectivity index (χ0v) is 17.1. The number of fused-ring (bicyclic) bond motifs is 1. The van der Waals surface area contributed by atoms with Crippen molar-refractivity contribution in [2.24, 2.45) is 0 Å². The van der Waals surface area contributed by atoms with Crippen molar-refractivity contribution in [1.82, 2.24) is 0 Å². The van der Waals surface area contributed by atoms with Gasteiger partial charge in [0.15, 0.2) is 17.3 Å². The topological polar surface area (TPSA) is 231 Å². The third-order valence-corrected chi connectivity index (χ3v) is 5.37. The first-order chi connectivity index (χ1) is 16.0. The molecule has 182 valence electrons. The highest BCUT2D eigenvalue weighted by Crippen LogP contribution is 2.46. The molecule has 5 atom stereocenters. The highest BCUT2D eigenvalue weighted by atomic mass is 16.7. The molecule has 1 fully saturated rings. The second kappa shape index (κ2) is 8.55. The Morgan fingerprint density at radius 2 is 1.59 bits per heavy atom. The summed E-state index contributed by atoms with van der Waals surface area (Å²) in [5.41, 5.74) is -1.81. The molecule has 0 spiro atoms. The van der Waals surface area contributed by atoms with E-state index in [2.05, 4.69) is 0 Å². The second-order valence-electron chi connectivity index (χ2n) is 7.57. The monoisotopic (exact) mass is 480 g/mol. The summed E-state index contributed by atoms with van der Waals surface area (Å²) < 4.78 is 16.3. The van der Waals surface area contributed by atoms with Gasteiger partial charge in [-0.15, -0.1) is 0 Å². The largest absolute Gasteiger partial charge is 0.508 e. The lowest BCUT2D eigenvalue weighted by atomic mass is 9.99. The molecule has 5 unspecified atom stereocenters. The lowest BCUT2D eigenvalue weighted by molar-refractivity contribution is -0.277. The van der Waals surface area contributed by atoms with E-state index in [1.54, 1.807) is 0 Å². The fourth-order valence-electron chi connectivity index (χ4n) is 3.59. The van der Waals surface area contributed by atoms with Gasteiger partial charge in [0.25, 0.3) is 0 Å². The van der Waals surface area contributed by atoms with Crippen molar-refractivity contribution in [3.8, 4) is 45.8 Å². The number of aliphatic hydroxyl groups is 4. The van der Waals surface area contributed by atoms with Gasteiger partial charge in [0.2, 0.25) is 23.2 Å². The van der Waals surface area contributed by atoms with E-state index in [-0.39, 0.29) is 11.1 Å². The van der Waals surface area contributed by atoms with Crippen molar-refractivity contribution in [3.05, 3.63) is 34.5 Å². The molecular weight excluding hydrogens is 460 g/mol. The quantitative estimate of drug-likeness (QED) is 0.208. The van der Waals surface area contributed by atoms with Crippen LogP contribution in [0.25, 0.3) is 22.3 Å². The zero-order chi connectivity index (χ0) is 24.9. The molecule has 0 amide bonds. The summed E-state index contributed by atoms with van der Waals surface area (Å²) in [6.07, 6.45) is -8.70. The number of rotatable bonds is 4. The van der Waals surface area contributed by atoms with E-state index in [0.717, 1.165) is 24.3 Å². The summed E-state index contributed by atoms with van der Waals surface area (Å²) in [5, 5.41) is 89.0. The molecule has 2 heterocycles. The molecule has 34 heavy (non-hydrogen) atoms. The van der Waals surface area contributed by atoms with Crippen LogP contribution in [0, 0.1) is 0 Å². The van der Waals surface area contributed by atoms with Gasteiger partial charge in [-0.3, -0.25) is 4.79 Å². The van der Waals surface area contributed by atoms with E-state index in [1.165, 1.54) is 0 Å². The first-order valence-electron chi connectivity index (χ1n) is 9.79. The number of aromatic hydroxyl groups is 5. The fraction of sp³-hybridized carbons (Fsp3) is 0.286. The van der Waals surface area contributed by atoms with E-state index >= 15 is 0 Å². The summed E-state index contributed by atoms with van der Waals surface area (Å²) in [4.78, 5) is 13.3. The van der Waals surface area contributed by atoms with Crippen LogP contribution in [0.1, 0.15) is 0 Å². The molecule has 13 heteroatoms.